The third-order valence-corrected chi connectivity index (χ3v) is 5.25. The van der Waals surface area contributed by atoms with Gasteiger partial charge >= 0.3 is 6.03 Å². The molecular formula is C17H21N5O3S. The molecule has 9 heteroatoms. The number of nitrogens with zero attached hydrogens (tertiary/aromatic N) is 3. The monoisotopic (exact) mass is 375 g/mol. The summed E-state index contributed by atoms with van der Waals surface area (Å²) in [6.07, 6.45) is 4.96. The van der Waals surface area contributed by atoms with Crippen LogP contribution in [-0.2, 0) is 10.0 Å². The summed E-state index contributed by atoms with van der Waals surface area (Å²) < 4.78 is 27.5. The molecule has 138 valence electrons. The van der Waals surface area contributed by atoms with Gasteiger partial charge in [0.15, 0.2) is 0 Å². The van der Waals surface area contributed by atoms with Crippen molar-refractivity contribution in [3.63, 3.8) is 0 Å². The number of sulfonamides is 1. The summed E-state index contributed by atoms with van der Waals surface area (Å²) >= 11 is 0. The Morgan fingerprint density at radius 2 is 2.08 bits per heavy atom. The molecule has 2 N–H and O–H groups in total. The first-order valence-electron chi connectivity index (χ1n) is 8.27. The van der Waals surface area contributed by atoms with E-state index in [-0.39, 0.29) is 12.1 Å². The van der Waals surface area contributed by atoms with Gasteiger partial charge in [-0.25, -0.2) is 22.6 Å². The van der Waals surface area contributed by atoms with Crippen LogP contribution >= 0.6 is 0 Å². The summed E-state index contributed by atoms with van der Waals surface area (Å²) in [5.74, 6) is 0. The van der Waals surface area contributed by atoms with Gasteiger partial charge in [0.2, 0.25) is 10.0 Å². The number of rotatable bonds is 5. The first kappa shape index (κ1) is 18.2. The number of likely N-dealkylation sites (tertiary alicyclic amines) is 1. The summed E-state index contributed by atoms with van der Waals surface area (Å²) in [4.78, 5) is 14.1. The molecule has 1 aliphatic heterocycles. The van der Waals surface area contributed by atoms with Crippen molar-refractivity contribution < 1.29 is 13.2 Å². The van der Waals surface area contributed by atoms with Gasteiger partial charge in [0.1, 0.15) is 0 Å². The second kappa shape index (κ2) is 7.71. The highest BCUT2D eigenvalue weighted by molar-refractivity contribution is 7.92. The van der Waals surface area contributed by atoms with Gasteiger partial charge < -0.3 is 10.2 Å². The number of aromatic nitrogens is 2. The van der Waals surface area contributed by atoms with E-state index in [4.69, 9.17) is 0 Å². The minimum Gasteiger partial charge on any atom is -0.323 e. The van der Waals surface area contributed by atoms with Gasteiger partial charge in [0.05, 0.1) is 5.69 Å². The van der Waals surface area contributed by atoms with Crippen molar-refractivity contribution in [3.05, 3.63) is 54.7 Å². The summed E-state index contributed by atoms with van der Waals surface area (Å²) in [5.41, 5.74) is 1.56. The van der Waals surface area contributed by atoms with Gasteiger partial charge in [-0.1, -0.05) is 6.58 Å². The molecule has 1 fully saturated rings. The molecule has 1 aromatic heterocycles. The van der Waals surface area contributed by atoms with E-state index < -0.39 is 10.0 Å². The minimum atomic E-state index is -3.51. The zero-order chi connectivity index (χ0) is 18.6. The summed E-state index contributed by atoms with van der Waals surface area (Å²) in [7, 11) is -3.51. The van der Waals surface area contributed by atoms with Crippen LogP contribution in [0, 0.1) is 0 Å². The Labute approximate surface area is 152 Å². The molecule has 8 nitrogen and oxygen atoms in total. The molecule has 3 rings (SSSR count). The summed E-state index contributed by atoms with van der Waals surface area (Å²) in [6, 6.07) is 8.61. The third-order valence-electron chi connectivity index (χ3n) is 4.15. The minimum absolute atomic E-state index is 0.251. The Hall–Kier alpha value is -2.65. The second-order valence-electron chi connectivity index (χ2n) is 6.04. The van der Waals surface area contributed by atoms with Crippen molar-refractivity contribution in [2.24, 2.45) is 0 Å². The van der Waals surface area contributed by atoms with Gasteiger partial charge in [-0.2, -0.15) is 5.10 Å². The molecule has 0 bridgehead atoms. The normalized spacial score (nSPS) is 17.7. The molecule has 1 aromatic carbocycles. The number of amides is 2. The highest BCUT2D eigenvalue weighted by Gasteiger charge is 2.26. The van der Waals surface area contributed by atoms with Gasteiger partial charge in [-0.15, -0.1) is 0 Å². The molecule has 2 aromatic rings. The lowest BCUT2D eigenvalue weighted by molar-refractivity contribution is 0.190. The number of carbonyl (C=O) groups excluding carboxylic acids is 1. The highest BCUT2D eigenvalue weighted by atomic mass is 32.2. The topological polar surface area (TPSA) is 96.3 Å². The number of hydrogen-bond donors (Lipinski definition) is 2. The van der Waals surface area contributed by atoms with Crippen LogP contribution in [0.15, 0.2) is 54.7 Å². The number of benzene rings is 1. The maximum Gasteiger partial charge on any atom is 0.321 e. The maximum atomic E-state index is 12.5. The van der Waals surface area contributed by atoms with E-state index in [2.05, 4.69) is 21.7 Å². The van der Waals surface area contributed by atoms with Crippen LogP contribution in [0.2, 0.25) is 0 Å². The van der Waals surface area contributed by atoms with Crippen LogP contribution in [-0.4, -0.2) is 48.3 Å². The number of nitrogens with one attached hydrogen (secondary N) is 2. The number of anilines is 1. The smallest absolute Gasteiger partial charge is 0.321 e. The lowest BCUT2D eigenvalue weighted by atomic mass is 10.1. The predicted molar refractivity (Wildman–Crippen MR) is 99.4 cm³/mol. The SMILES string of the molecule is C=CS(=O)(=O)NC1CCCN(C(=O)Nc2ccc(-n3cccn3)cc2)C1. The Bertz CT molecular complexity index is 862. The lowest BCUT2D eigenvalue weighted by Crippen LogP contribution is -2.50. The number of urea groups is 1. The zero-order valence-corrected chi connectivity index (χ0v) is 15.0. The molecule has 1 atom stereocenters. The zero-order valence-electron chi connectivity index (χ0n) is 14.2. The molecule has 1 saturated heterocycles. The molecule has 0 spiro atoms. The molecule has 1 unspecified atom stereocenters. The Kier molecular flexibility index (Phi) is 5.38. The van der Waals surface area contributed by atoms with E-state index in [0.717, 1.165) is 17.5 Å². The van der Waals surface area contributed by atoms with Crippen LogP contribution in [0.25, 0.3) is 5.69 Å². The van der Waals surface area contributed by atoms with Crippen molar-refractivity contribution in [2.75, 3.05) is 18.4 Å². The van der Waals surface area contributed by atoms with Crippen molar-refractivity contribution in [1.82, 2.24) is 19.4 Å². The van der Waals surface area contributed by atoms with E-state index in [1.807, 2.05) is 24.4 Å². The molecule has 0 radical (unpaired) electrons. The second-order valence-corrected chi connectivity index (χ2v) is 7.70. The largest absolute Gasteiger partial charge is 0.323 e. The van der Waals surface area contributed by atoms with E-state index in [1.54, 1.807) is 27.9 Å². The number of hydrogen-bond acceptors (Lipinski definition) is 4. The fourth-order valence-corrected chi connectivity index (χ4v) is 3.61. The van der Waals surface area contributed by atoms with Gasteiger partial charge in [0, 0.05) is 42.6 Å². The van der Waals surface area contributed by atoms with Crippen molar-refractivity contribution in [2.45, 2.75) is 18.9 Å². The fraction of sp³-hybridized carbons (Fsp3) is 0.294. The van der Waals surface area contributed by atoms with Crippen molar-refractivity contribution in [1.29, 1.82) is 0 Å². The van der Waals surface area contributed by atoms with Crippen molar-refractivity contribution in [3.8, 4) is 5.69 Å². The van der Waals surface area contributed by atoms with E-state index in [0.29, 0.717) is 25.2 Å². The Morgan fingerprint density at radius 3 is 2.73 bits per heavy atom. The van der Waals surface area contributed by atoms with Gasteiger partial charge in [0.25, 0.3) is 0 Å². The molecule has 26 heavy (non-hydrogen) atoms. The summed E-state index contributed by atoms with van der Waals surface area (Å²) in [5, 5.41) is 7.88. The van der Waals surface area contributed by atoms with Crippen LogP contribution in [0.5, 0.6) is 0 Å². The van der Waals surface area contributed by atoms with Gasteiger partial charge in [-0.3, -0.25) is 0 Å². The van der Waals surface area contributed by atoms with Crippen molar-refractivity contribution >= 4 is 21.7 Å². The molecule has 2 amide bonds. The maximum absolute atomic E-state index is 12.5. The van der Waals surface area contributed by atoms with Crippen LogP contribution < -0.4 is 10.0 Å². The average molecular weight is 375 g/mol. The predicted octanol–water partition coefficient (Wildman–Crippen LogP) is 1.93. The third kappa shape index (κ3) is 4.50. The highest BCUT2D eigenvalue weighted by Crippen LogP contribution is 2.16. The first-order valence-corrected chi connectivity index (χ1v) is 9.82. The number of piperidine rings is 1. The summed E-state index contributed by atoms with van der Waals surface area (Å²) in [6.45, 7) is 4.19. The molecule has 1 aliphatic rings. The molecule has 0 aliphatic carbocycles. The van der Waals surface area contributed by atoms with Crippen LogP contribution in [0.1, 0.15) is 12.8 Å². The molecule has 2 heterocycles. The molecular weight excluding hydrogens is 354 g/mol. The standard InChI is InChI=1S/C17H21N5O3S/c1-2-26(24,25)20-15-5-3-11-21(13-15)17(23)19-14-6-8-16(9-7-14)22-12-4-10-18-22/h2,4,6-10,12,15,20H,1,3,5,11,13H2,(H,19,23). The fourth-order valence-electron chi connectivity index (χ4n) is 2.86. The van der Waals surface area contributed by atoms with Gasteiger partial charge in [-0.05, 0) is 43.2 Å². The average Bonchev–Trinajstić information content (AvgIpc) is 3.17. The Balaban J connectivity index is 1.59. The van der Waals surface area contributed by atoms with E-state index in [1.165, 1.54) is 0 Å². The molecule has 0 saturated carbocycles. The Morgan fingerprint density at radius 1 is 1.31 bits per heavy atom. The van der Waals surface area contributed by atoms with Crippen LogP contribution in [0.3, 0.4) is 0 Å². The first-order chi connectivity index (χ1) is 12.5. The van der Waals surface area contributed by atoms with E-state index in [9.17, 15) is 13.2 Å². The van der Waals surface area contributed by atoms with Crippen LogP contribution in [0.4, 0.5) is 10.5 Å². The quantitative estimate of drug-likeness (QED) is 0.835. The van der Waals surface area contributed by atoms with E-state index >= 15 is 0 Å². The number of carbonyl (C=O) groups is 1. The lowest BCUT2D eigenvalue weighted by Gasteiger charge is -2.32.